The van der Waals surface area contributed by atoms with Crippen LogP contribution in [0.15, 0.2) is 28.8 Å². The Kier molecular flexibility index (Phi) is 4.53. The molecule has 0 aliphatic carbocycles. The summed E-state index contributed by atoms with van der Waals surface area (Å²) in [7, 11) is 2.10. The maximum absolute atomic E-state index is 5.99. The molecule has 1 atom stereocenters. The van der Waals surface area contributed by atoms with E-state index >= 15 is 0 Å². The molecule has 0 spiro atoms. The first-order valence-electron chi connectivity index (χ1n) is 7.22. The van der Waals surface area contributed by atoms with Gasteiger partial charge in [-0.05, 0) is 38.6 Å². The maximum Gasteiger partial charge on any atom is 0.241 e. The third-order valence-corrected chi connectivity index (χ3v) is 4.06. The second kappa shape index (κ2) is 6.56. The van der Waals surface area contributed by atoms with Crippen molar-refractivity contribution in [2.45, 2.75) is 25.4 Å². The normalized spacial score (nSPS) is 19.1. The fraction of sp³-hybridized carbons (Fsp3) is 0.467. The molecule has 2 aromatic rings. The van der Waals surface area contributed by atoms with Crippen LogP contribution in [0.3, 0.4) is 0 Å². The highest BCUT2D eigenvalue weighted by Crippen LogP contribution is 2.20. The van der Waals surface area contributed by atoms with Crippen molar-refractivity contribution in [3.05, 3.63) is 35.2 Å². The predicted octanol–water partition coefficient (Wildman–Crippen LogP) is 2.57. The van der Waals surface area contributed by atoms with Crippen LogP contribution in [0.2, 0.25) is 5.02 Å². The SMILES string of the molecule is CN(Cc1nc(-c2cccc(Cl)c2)no1)C1CCCNC1. The highest BCUT2D eigenvalue weighted by atomic mass is 35.5. The van der Waals surface area contributed by atoms with Gasteiger partial charge in [-0.1, -0.05) is 28.9 Å². The minimum Gasteiger partial charge on any atom is -0.338 e. The molecule has 6 heteroatoms. The van der Waals surface area contributed by atoms with Gasteiger partial charge >= 0.3 is 0 Å². The fourth-order valence-electron chi connectivity index (χ4n) is 2.62. The third-order valence-electron chi connectivity index (χ3n) is 3.83. The summed E-state index contributed by atoms with van der Waals surface area (Å²) in [5, 5.41) is 8.13. The Balaban J connectivity index is 1.67. The van der Waals surface area contributed by atoms with E-state index in [2.05, 4.69) is 27.4 Å². The number of hydrogen-bond acceptors (Lipinski definition) is 5. The molecule has 1 unspecified atom stereocenters. The first kappa shape index (κ1) is 14.5. The van der Waals surface area contributed by atoms with E-state index in [1.54, 1.807) is 0 Å². The molecule has 5 nitrogen and oxygen atoms in total. The monoisotopic (exact) mass is 306 g/mol. The van der Waals surface area contributed by atoms with E-state index in [1.165, 1.54) is 12.8 Å². The van der Waals surface area contributed by atoms with E-state index in [1.807, 2.05) is 24.3 Å². The molecule has 1 aromatic carbocycles. The van der Waals surface area contributed by atoms with Crippen molar-refractivity contribution in [3.63, 3.8) is 0 Å². The van der Waals surface area contributed by atoms with Crippen LogP contribution >= 0.6 is 11.6 Å². The molecule has 112 valence electrons. The van der Waals surface area contributed by atoms with Gasteiger partial charge in [-0.3, -0.25) is 4.90 Å². The topological polar surface area (TPSA) is 54.2 Å². The Hall–Kier alpha value is -1.43. The number of hydrogen-bond donors (Lipinski definition) is 1. The molecular formula is C15H19ClN4O. The van der Waals surface area contributed by atoms with E-state index in [0.29, 0.717) is 29.3 Å². The van der Waals surface area contributed by atoms with Gasteiger partial charge in [0.25, 0.3) is 0 Å². The number of benzene rings is 1. The molecule has 1 aromatic heterocycles. The highest BCUT2D eigenvalue weighted by Gasteiger charge is 2.20. The molecule has 1 aliphatic heterocycles. The predicted molar refractivity (Wildman–Crippen MR) is 82.1 cm³/mol. The summed E-state index contributed by atoms with van der Waals surface area (Å²) < 4.78 is 5.35. The second-order valence-corrected chi connectivity index (χ2v) is 5.87. The Bertz CT molecular complexity index is 595. The number of nitrogens with one attached hydrogen (secondary N) is 1. The van der Waals surface area contributed by atoms with E-state index in [9.17, 15) is 0 Å². The van der Waals surface area contributed by atoms with E-state index < -0.39 is 0 Å². The molecule has 1 aliphatic rings. The van der Waals surface area contributed by atoms with Crippen molar-refractivity contribution in [1.82, 2.24) is 20.4 Å². The lowest BCUT2D eigenvalue weighted by Crippen LogP contribution is -2.43. The lowest BCUT2D eigenvalue weighted by molar-refractivity contribution is 0.174. The Morgan fingerprint density at radius 2 is 2.38 bits per heavy atom. The minimum atomic E-state index is 0.528. The number of halogens is 1. The standard InChI is InChI=1S/C15H19ClN4O/c1-20(13-6-3-7-17-9-13)10-14-18-15(19-21-14)11-4-2-5-12(16)8-11/h2,4-5,8,13,17H,3,6-7,9-10H2,1H3. The van der Waals surface area contributed by atoms with Gasteiger partial charge in [0.2, 0.25) is 11.7 Å². The number of likely N-dealkylation sites (N-methyl/N-ethyl adjacent to an activating group) is 1. The molecule has 3 rings (SSSR count). The molecule has 1 fully saturated rings. The lowest BCUT2D eigenvalue weighted by Gasteiger charge is -2.30. The van der Waals surface area contributed by atoms with Crippen molar-refractivity contribution in [2.24, 2.45) is 0 Å². The maximum atomic E-state index is 5.99. The highest BCUT2D eigenvalue weighted by molar-refractivity contribution is 6.30. The molecule has 1 N–H and O–H groups in total. The first-order chi connectivity index (χ1) is 10.2. The van der Waals surface area contributed by atoms with Crippen molar-refractivity contribution in [3.8, 4) is 11.4 Å². The molecule has 0 saturated carbocycles. The summed E-state index contributed by atoms with van der Waals surface area (Å²) in [6.07, 6.45) is 2.42. The summed E-state index contributed by atoms with van der Waals surface area (Å²) in [6.45, 7) is 2.80. The van der Waals surface area contributed by atoms with Crippen LogP contribution in [0.5, 0.6) is 0 Å². The molecule has 0 bridgehead atoms. The van der Waals surface area contributed by atoms with Crippen LogP contribution in [0, 0.1) is 0 Å². The number of nitrogens with zero attached hydrogens (tertiary/aromatic N) is 3. The average Bonchev–Trinajstić information content (AvgIpc) is 2.97. The van der Waals surface area contributed by atoms with E-state index in [4.69, 9.17) is 16.1 Å². The van der Waals surface area contributed by atoms with Crippen LogP contribution in [-0.2, 0) is 6.54 Å². The zero-order valence-corrected chi connectivity index (χ0v) is 12.8. The van der Waals surface area contributed by atoms with Crippen LogP contribution < -0.4 is 5.32 Å². The third kappa shape index (κ3) is 3.61. The van der Waals surface area contributed by atoms with Crippen LogP contribution in [-0.4, -0.2) is 41.2 Å². The van der Waals surface area contributed by atoms with Gasteiger partial charge in [0.05, 0.1) is 6.54 Å². The van der Waals surface area contributed by atoms with Crippen LogP contribution in [0.1, 0.15) is 18.7 Å². The van der Waals surface area contributed by atoms with E-state index in [-0.39, 0.29) is 0 Å². The summed E-state index contributed by atoms with van der Waals surface area (Å²) in [4.78, 5) is 6.72. The zero-order chi connectivity index (χ0) is 14.7. The minimum absolute atomic E-state index is 0.528. The van der Waals surface area contributed by atoms with Crippen LogP contribution in [0.25, 0.3) is 11.4 Å². The van der Waals surface area contributed by atoms with Crippen molar-refractivity contribution in [2.75, 3.05) is 20.1 Å². The summed E-state index contributed by atoms with van der Waals surface area (Å²) in [5.41, 5.74) is 0.875. The van der Waals surface area contributed by atoms with Crippen LogP contribution in [0.4, 0.5) is 0 Å². The largest absolute Gasteiger partial charge is 0.338 e. The molecule has 0 radical (unpaired) electrons. The second-order valence-electron chi connectivity index (χ2n) is 5.44. The molecular weight excluding hydrogens is 288 g/mol. The van der Waals surface area contributed by atoms with Gasteiger partial charge < -0.3 is 9.84 Å². The molecule has 21 heavy (non-hydrogen) atoms. The molecule has 1 saturated heterocycles. The summed E-state index contributed by atoms with van der Waals surface area (Å²) in [6, 6.07) is 8.00. The van der Waals surface area contributed by atoms with Crippen molar-refractivity contribution >= 4 is 11.6 Å². The van der Waals surface area contributed by atoms with Gasteiger partial charge in [-0.2, -0.15) is 4.98 Å². The lowest BCUT2D eigenvalue weighted by atomic mass is 10.1. The summed E-state index contributed by atoms with van der Waals surface area (Å²) in [5.74, 6) is 1.22. The van der Waals surface area contributed by atoms with Gasteiger partial charge in [-0.25, -0.2) is 0 Å². The summed E-state index contributed by atoms with van der Waals surface area (Å²) >= 11 is 5.99. The van der Waals surface area contributed by atoms with E-state index in [0.717, 1.165) is 18.7 Å². The smallest absolute Gasteiger partial charge is 0.241 e. The zero-order valence-electron chi connectivity index (χ0n) is 12.1. The van der Waals surface area contributed by atoms with Crippen molar-refractivity contribution < 1.29 is 4.52 Å². The number of piperidine rings is 1. The Morgan fingerprint density at radius 1 is 1.48 bits per heavy atom. The van der Waals surface area contributed by atoms with Crippen molar-refractivity contribution in [1.29, 1.82) is 0 Å². The number of rotatable bonds is 4. The van der Waals surface area contributed by atoms with Gasteiger partial charge in [-0.15, -0.1) is 0 Å². The fourth-order valence-corrected chi connectivity index (χ4v) is 2.81. The molecule has 2 heterocycles. The van der Waals surface area contributed by atoms with Gasteiger partial charge in [0.15, 0.2) is 0 Å². The quantitative estimate of drug-likeness (QED) is 0.941. The number of aromatic nitrogens is 2. The first-order valence-corrected chi connectivity index (χ1v) is 7.59. The molecule has 0 amide bonds. The van der Waals surface area contributed by atoms with Gasteiger partial charge in [0.1, 0.15) is 0 Å². The van der Waals surface area contributed by atoms with Gasteiger partial charge in [0, 0.05) is 23.2 Å². The Labute approximate surface area is 129 Å². The Morgan fingerprint density at radius 3 is 3.14 bits per heavy atom. The average molecular weight is 307 g/mol.